The van der Waals surface area contributed by atoms with Gasteiger partial charge in [-0.05, 0) is 83.1 Å². The van der Waals surface area contributed by atoms with Gasteiger partial charge in [0, 0.05) is 18.0 Å². The van der Waals surface area contributed by atoms with Crippen LogP contribution in [0, 0.1) is 23.7 Å². The van der Waals surface area contributed by atoms with Crippen LogP contribution in [0.1, 0.15) is 110 Å². The van der Waals surface area contributed by atoms with Gasteiger partial charge < -0.3 is 20.3 Å². The summed E-state index contributed by atoms with van der Waals surface area (Å²) in [5, 5.41) is 29.7. The Labute approximate surface area is 237 Å². The number of halogens is 1. The lowest BCUT2D eigenvalue weighted by Crippen LogP contribution is -2.61. The molecule has 0 heterocycles. The molecule has 7 N–H and O–H groups in total. The van der Waals surface area contributed by atoms with Crippen molar-refractivity contribution < 1.29 is 14.9 Å². The van der Waals surface area contributed by atoms with Crippen molar-refractivity contribution in [1.82, 2.24) is 27.0 Å². The molecule has 0 saturated heterocycles. The molecule has 3 rings (SSSR count). The van der Waals surface area contributed by atoms with Crippen molar-refractivity contribution in [1.29, 1.82) is 0 Å². The highest BCUT2D eigenvalue weighted by atomic mass is 35.5. The van der Waals surface area contributed by atoms with Crippen LogP contribution in [0.3, 0.4) is 0 Å². The Bertz CT molecular complexity index is 621. The second-order valence-corrected chi connectivity index (χ2v) is 13.0. The second-order valence-electron chi connectivity index (χ2n) is 12.4. The molecule has 0 aromatic heterocycles. The summed E-state index contributed by atoms with van der Waals surface area (Å²) >= 11 is 6.52. The molecule has 0 spiro atoms. The number of alkyl halides is 1. The molecule has 38 heavy (non-hydrogen) atoms. The lowest BCUT2D eigenvalue weighted by Gasteiger charge is -2.40. The number of nitrogens with one attached hydrogen (secondary N) is 5. The predicted molar refractivity (Wildman–Crippen MR) is 155 cm³/mol. The number of hydrazine groups is 2. The maximum Gasteiger partial charge on any atom is 0.169 e. The van der Waals surface area contributed by atoms with Crippen LogP contribution in [0.4, 0.5) is 0 Å². The first-order chi connectivity index (χ1) is 18.4. The van der Waals surface area contributed by atoms with E-state index in [2.05, 4.69) is 27.0 Å². The first kappa shape index (κ1) is 32.5. The molecule has 9 heteroatoms. The molecule has 3 aliphatic rings. The van der Waals surface area contributed by atoms with Gasteiger partial charge in [-0.3, -0.25) is 5.32 Å². The molecule has 0 amide bonds. The Hall–Kier alpha value is -0.0300. The van der Waals surface area contributed by atoms with E-state index in [0.717, 1.165) is 24.7 Å². The number of aliphatic hydroxyl groups excluding tert-OH is 2. The second kappa shape index (κ2) is 17.7. The molecule has 0 radical (unpaired) electrons. The third-order valence-corrected chi connectivity index (χ3v) is 9.83. The third kappa shape index (κ3) is 11.1. The van der Waals surface area contributed by atoms with Crippen LogP contribution in [0.5, 0.6) is 0 Å². The molecule has 0 bridgehead atoms. The Kier molecular flexibility index (Phi) is 15.1. The number of hydrogen-bond acceptors (Lipinski definition) is 8. The highest BCUT2D eigenvalue weighted by molar-refractivity contribution is 6.20. The van der Waals surface area contributed by atoms with Gasteiger partial charge in [-0.25, -0.2) is 10.9 Å². The molecule has 7 atom stereocenters. The number of hydrogen-bond donors (Lipinski definition) is 7. The van der Waals surface area contributed by atoms with Crippen molar-refractivity contribution in [2.45, 2.75) is 146 Å². The monoisotopic (exact) mass is 559 g/mol. The van der Waals surface area contributed by atoms with E-state index >= 15 is 0 Å². The highest BCUT2D eigenvalue weighted by Crippen LogP contribution is 2.42. The fourth-order valence-electron chi connectivity index (χ4n) is 7.34. The van der Waals surface area contributed by atoms with Crippen LogP contribution in [0.15, 0.2) is 0 Å². The molecule has 0 aromatic rings. The van der Waals surface area contributed by atoms with Crippen LogP contribution in [-0.4, -0.2) is 60.0 Å². The van der Waals surface area contributed by atoms with Crippen molar-refractivity contribution >= 4 is 11.6 Å². The van der Waals surface area contributed by atoms with Crippen molar-refractivity contribution in [3.63, 3.8) is 0 Å². The van der Waals surface area contributed by atoms with Crippen LogP contribution in [0.2, 0.25) is 0 Å². The Morgan fingerprint density at radius 2 is 1.50 bits per heavy atom. The lowest BCUT2D eigenvalue weighted by molar-refractivity contribution is -0.125. The average molecular weight is 560 g/mol. The lowest BCUT2D eigenvalue weighted by atomic mass is 9.70. The smallest absolute Gasteiger partial charge is 0.169 e. The van der Waals surface area contributed by atoms with E-state index in [1.165, 1.54) is 83.5 Å². The molecule has 0 aromatic carbocycles. The molecule has 3 fully saturated rings. The zero-order valence-corrected chi connectivity index (χ0v) is 25.0. The van der Waals surface area contributed by atoms with E-state index in [0.29, 0.717) is 23.8 Å². The van der Waals surface area contributed by atoms with Gasteiger partial charge in [-0.15, -0.1) is 11.6 Å². The van der Waals surface area contributed by atoms with Crippen LogP contribution < -0.4 is 27.0 Å². The van der Waals surface area contributed by atoms with Crippen molar-refractivity contribution in [3.05, 3.63) is 0 Å². The van der Waals surface area contributed by atoms with E-state index in [4.69, 9.17) is 16.3 Å². The molecule has 224 valence electrons. The first-order valence-electron chi connectivity index (χ1n) is 15.7. The summed E-state index contributed by atoms with van der Waals surface area (Å²) in [5.41, 5.74) is 8.81. The molecule has 8 nitrogen and oxygen atoms in total. The van der Waals surface area contributed by atoms with Gasteiger partial charge in [0.15, 0.2) is 6.29 Å². The van der Waals surface area contributed by atoms with Crippen molar-refractivity contribution in [2.75, 3.05) is 13.7 Å². The summed E-state index contributed by atoms with van der Waals surface area (Å²) in [7, 11) is 1.79. The summed E-state index contributed by atoms with van der Waals surface area (Å²) in [6.45, 7) is 4.37. The van der Waals surface area contributed by atoms with E-state index in [1.807, 2.05) is 13.8 Å². The molecular weight excluding hydrogens is 502 g/mol. The van der Waals surface area contributed by atoms with E-state index in [-0.39, 0.29) is 18.2 Å². The van der Waals surface area contributed by atoms with Gasteiger partial charge in [-0.2, -0.15) is 5.53 Å². The quantitative estimate of drug-likeness (QED) is 0.0859. The van der Waals surface area contributed by atoms with Crippen LogP contribution >= 0.6 is 11.6 Å². The topological polar surface area (TPSA) is 110 Å². The zero-order valence-electron chi connectivity index (χ0n) is 24.3. The minimum atomic E-state index is -0.872. The van der Waals surface area contributed by atoms with E-state index in [9.17, 15) is 10.2 Å². The summed E-state index contributed by atoms with van der Waals surface area (Å²) in [4.78, 5) is 0. The molecule has 3 saturated carbocycles. The van der Waals surface area contributed by atoms with Crippen molar-refractivity contribution in [2.24, 2.45) is 23.7 Å². The van der Waals surface area contributed by atoms with Crippen LogP contribution in [0.25, 0.3) is 0 Å². The predicted octanol–water partition coefficient (Wildman–Crippen LogP) is 4.12. The minimum absolute atomic E-state index is 0.152. The normalized spacial score (nSPS) is 31.4. The molecular formula is C29H58ClN5O3. The fourth-order valence-corrected chi connectivity index (χ4v) is 7.72. The van der Waals surface area contributed by atoms with Gasteiger partial charge in [0.05, 0.1) is 12.2 Å². The summed E-state index contributed by atoms with van der Waals surface area (Å²) < 4.78 is 5.69. The fraction of sp³-hybridized carbons (Fsp3) is 1.00. The maximum absolute atomic E-state index is 11.4. The zero-order chi connectivity index (χ0) is 27.3. The molecule has 7 unspecified atom stereocenters. The summed E-state index contributed by atoms with van der Waals surface area (Å²) in [5.74, 6) is 2.76. The Balaban J connectivity index is 1.63. The Morgan fingerprint density at radius 1 is 0.816 bits per heavy atom. The number of ether oxygens (including phenoxy) is 1. The third-order valence-electron chi connectivity index (χ3n) is 9.43. The van der Waals surface area contributed by atoms with E-state index in [1.54, 1.807) is 7.05 Å². The number of aliphatic hydroxyl groups is 2. The SMILES string of the molecule is CCOC(O)C(CC1CCCCC1)NC(CC1CCC(C2CCCC(Cl)C2)CC1)C(O)NC(C)NNNC. The van der Waals surface area contributed by atoms with Crippen molar-refractivity contribution in [3.8, 4) is 0 Å². The largest absolute Gasteiger partial charge is 0.377 e. The van der Waals surface area contributed by atoms with Gasteiger partial charge in [-0.1, -0.05) is 57.8 Å². The van der Waals surface area contributed by atoms with Gasteiger partial charge in [0.2, 0.25) is 0 Å². The highest BCUT2D eigenvalue weighted by Gasteiger charge is 2.35. The minimum Gasteiger partial charge on any atom is -0.377 e. The standard InChI is InChI=1S/C29H58ClN5O3/c1-4-38-29(37)27(18-21-9-6-5-7-10-21)33-26(28(36)32-20(2)34-35-31-3)17-22-13-15-23(16-14-22)24-11-8-12-25(30)19-24/h20-29,31-37H,4-19H2,1-3H3. The van der Waals surface area contributed by atoms with Gasteiger partial charge in [0.25, 0.3) is 0 Å². The van der Waals surface area contributed by atoms with Crippen LogP contribution in [-0.2, 0) is 4.74 Å². The summed E-state index contributed by atoms with van der Waals surface area (Å²) in [6.07, 6.45) is 16.2. The summed E-state index contributed by atoms with van der Waals surface area (Å²) in [6, 6.07) is -0.376. The number of rotatable bonds is 16. The molecule has 0 aliphatic heterocycles. The average Bonchev–Trinajstić information content (AvgIpc) is 2.92. The molecule has 3 aliphatic carbocycles. The van der Waals surface area contributed by atoms with Gasteiger partial charge in [0.1, 0.15) is 6.23 Å². The Morgan fingerprint density at radius 3 is 2.16 bits per heavy atom. The van der Waals surface area contributed by atoms with E-state index < -0.39 is 12.5 Å². The first-order valence-corrected chi connectivity index (χ1v) is 16.1. The maximum atomic E-state index is 11.4. The van der Waals surface area contributed by atoms with Gasteiger partial charge >= 0.3 is 0 Å².